The van der Waals surface area contributed by atoms with E-state index in [1.165, 1.54) is 4.90 Å². The van der Waals surface area contributed by atoms with E-state index in [0.717, 1.165) is 28.8 Å². The maximum Gasteiger partial charge on any atom is 0.118 e. The summed E-state index contributed by atoms with van der Waals surface area (Å²) in [6.07, 6.45) is 0. The van der Waals surface area contributed by atoms with Crippen molar-refractivity contribution in [3.63, 3.8) is 0 Å². The Kier molecular flexibility index (Phi) is 5.37. The van der Waals surface area contributed by atoms with Gasteiger partial charge in [0.2, 0.25) is 0 Å². The van der Waals surface area contributed by atoms with E-state index in [2.05, 4.69) is 19.2 Å². The standard InChI is InChI=1S/C15H18ClNOS/c1-11(2)17-9-13-5-6-14(18-13)10-19-15-7-3-12(16)4-8-15/h3-8,11,17H,9-10H2,1-2H3. The van der Waals surface area contributed by atoms with E-state index in [9.17, 15) is 0 Å². The van der Waals surface area contributed by atoms with Crippen molar-refractivity contribution in [2.24, 2.45) is 0 Å². The molecule has 2 rings (SSSR count). The summed E-state index contributed by atoms with van der Waals surface area (Å²) in [7, 11) is 0. The molecule has 1 aromatic carbocycles. The van der Waals surface area contributed by atoms with Gasteiger partial charge in [0, 0.05) is 16.0 Å². The van der Waals surface area contributed by atoms with Gasteiger partial charge in [-0.05, 0) is 36.4 Å². The van der Waals surface area contributed by atoms with Gasteiger partial charge in [0.05, 0.1) is 12.3 Å². The highest BCUT2D eigenvalue weighted by molar-refractivity contribution is 7.98. The van der Waals surface area contributed by atoms with Crippen LogP contribution in [-0.2, 0) is 12.3 Å². The second-order valence-electron chi connectivity index (χ2n) is 4.65. The van der Waals surface area contributed by atoms with Crippen LogP contribution in [0.5, 0.6) is 0 Å². The van der Waals surface area contributed by atoms with Crippen LogP contribution in [0.3, 0.4) is 0 Å². The summed E-state index contributed by atoms with van der Waals surface area (Å²) in [5.41, 5.74) is 0. The second-order valence-corrected chi connectivity index (χ2v) is 6.13. The lowest BCUT2D eigenvalue weighted by Gasteiger charge is -2.05. The smallest absolute Gasteiger partial charge is 0.118 e. The minimum Gasteiger partial charge on any atom is -0.464 e. The summed E-state index contributed by atoms with van der Waals surface area (Å²) in [5, 5.41) is 4.11. The van der Waals surface area contributed by atoms with Crippen LogP contribution in [0.15, 0.2) is 45.7 Å². The summed E-state index contributed by atoms with van der Waals surface area (Å²) in [4.78, 5) is 1.20. The largest absolute Gasteiger partial charge is 0.464 e. The molecule has 0 aliphatic rings. The third-order valence-electron chi connectivity index (χ3n) is 2.60. The molecule has 0 radical (unpaired) electrons. The number of furan rings is 1. The molecule has 0 unspecified atom stereocenters. The highest BCUT2D eigenvalue weighted by Gasteiger charge is 2.04. The molecule has 1 heterocycles. The molecule has 0 aliphatic carbocycles. The Morgan fingerprint density at radius 2 is 1.79 bits per heavy atom. The fraction of sp³-hybridized carbons (Fsp3) is 0.333. The molecular formula is C15H18ClNOS. The summed E-state index contributed by atoms with van der Waals surface area (Å²) in [6.45, 7) is 5.03. The topological polar surface area (TPSA) is 25.2 Å². The normalized spacial score (nSPS) is 11.2. The van der Waals surface area contributed by atoms with Crippen molar-refractivity contribution in [1.29, 1.82) is 0 Å². The Morgan fingerprint density at radius 3 is 2.47 bits per heavy atom. The molecule has 0 atom stereocenters. The first-order valence-corrected chi connectivity index (χ1v) is 7.69. The lowest BCUT2D eigenvalue weighted by Crippen LogP contribution is -2.21. The van der Waals surface area contributed by atoms with Crippen LogP contribution in [0, 0.1) is 0 Å². The molecule has 1 N–H and O–H groups in total. The minimum atomic E-state index is 0.469. The lowest BCUT2D eigenvalue weighted by molar-refractivity contribution is 0.445. The Hall–Kier alpha value is -0.900. The third-order valence-corrected chi connectivity index (χ3v) is 3.88. The highest BCUT2D eigenvalue weighted by Crippen LogP contribution is 2.25. The van der Waals surface area contributed by atoms with Gasteiger partial charge in [-0.15, -0.1) is 11.8 Å². The van der Waals surface area contributed by atoms with Crippen LogP contribution in [0.25, 0.3) is 0 Å². The quantitative estimate of drug-likeness (QED) is 0.780. The Labute approximate surface area is 123 Å². The molecule has 0 saturated heterocycles. The van der Waals surface area contributed by atoms with Gasteiger partial charge in [-0.3, -0.25) is 0 Å². The Morgan fingerprint density at radius 1 is 1.11 bits per heavy atom. The first kappa shape index (κ1) is 14.5. The van der Waals surface area contributed by atoms with Gasteiger partial charge in [-0.2, -0.15) is 0 Å². The van der Waals surface area contributed by atoms with Crippen LogP contribution in [0.4, 0.5) is 0 Å². The lowest BCUT2D eigenvalue weighted by atomic mass is 10.3. The monoisotopic (exact) mass is 295 g/mol. The maximum atomic E-state index is 5.86. The predicted molar refractivity (Wildman–Crippen MR) is 81.7 cm³/mol. The fourth-order valence-electron chi connectivity index (χ4n) is 1.58. The number of halogens is 1. The Balaban J connectivity index is 1.84. The molecule has 4 heteroatoms. The number of hydrogen-bond acceptors (Lipinski definition) is 3. The minimum absolute atomic E-state index is 0.469. The van der Waals surface area contributed by atoms with Crippen molar-refractivity contribution in [1.82, 2.24) is 5.32 Å². The van der Waals surface area contributed by atoms with Gasteiger partial charge in [0.1, 0.15) is 11.5 Å². The van der Waals surface area contributed by atoms with Crippen LogP contribution < -0.4 is 5.32 Å². The van der Waals surface area contributed by atoms with Crippen LogP contribution in [0.2, 0.25) is 5.02 Å². The van der Waals surface area contributed by atoms with Gasteiger partial charge >= 0.3 is 0 Å². The zero-order chi connectivity index (χ0) is 13.7. The molecule has 1 aromatic heterocycles. The van der Waals surface area contributed by atoms with Crippen molar-refractivity contribution in [2.45, 2.75) is 37.1 Å². The van der Waals surface area contributed by atoms with Crippen LogP contribution in [0.1, 0.15) is 25.4 Å². The van der Waals surface area contributed by atoms with E-state index in [4.69, 9.17) is 16.0 Å². The Bertz CT molecular complexity index is 507. The molecule has 2 nitrogen and oxygen atoms in total. The third kappa shape index (κ3) is 4.94. The van der Waals surface area contributed by atoms with E-state index in [1.54, 1.807) is 11.8 Å². The average Bonchev–Trinajstić information content (AvgIpc) is 2.84. The molecule has 0 aliphatic heterocycles. The number of hydrogen-bond donors (Lipinski definition) is 1. The molecule has 0 spiro atoms. The summed E-state index contributed by atoms with van der Waals surface area (Å²) in [5.74, 6) is 2.82. The highest BCUT2D eigenvalue weighted by atomic mass is 35.5. The molecule has 0 bridgehead atoms. The van der Waals surface area contributed by atoms with Gasteiger partial charge in [0.15, 0.2) is 0 Å². The molecular weight excluding hydrogens is 278 g/mol. The van der Waals surface area contributed by atoms with E-state index in [1.807, 2.05) is 36.4 Å². The van der Waals surface area contributed by atoms with Crippen molar-refractivity contribution in [2.75, 3.05) is 0 Å². The molecule has 102 valence electrons. The van der Waals surface area contributed by atoms with Gasteiger partial charge in [-0.25, -0.2) is 0 Å². The predicted octanol–water partition coefficient (Wildman–Crippen LogP) is 4.72. The summed E-state index contributed by atoms with van der Waals surface area (Å²) >= 11 is 7.60. The van der Waals surface area contributed by atoms with Crippen LogP contribution >= 0.6 is 23.4 Å². The number of nitrogens with one attached hydrogen (secondary N) is 1. The zero-order valence-electron chi connectivity index (χ0n) is 11.2. The SMILES string of the molecule is CC(C)NCc1ccc(CSc2ccc(Cl)cc2)o1. The zero-order valence-corrected chi connectivity index (χ0v) is 12.7. The van der Waals surface area contributed by atoms with E-state index >= 15 is 0 Å². The molecule has 0 fully saturated rings. The van der Waals surface area contributed by atoms with Crippen LogP contribution in [-0.4, -0.2) is 6.04 Å². The molecule has 2 aromatic rings. The van der Waals surface area contributed by atoms with E-state index in [0.29, 0.717) is 6.04 Å². The second kappa shape index (κ2) is 7.04. The number of rotatable bonds is 6. The van der Waals surface area contributed by atoms with Crippen molar-refractivity contribution < 1.29 is 4.42 Å². The number of thioether (sulfide) groups is 1. The van der Waals surface area contributed by atoms with Crippen molar-refractivity contribution in [3.05, 3.63) is 52.9 Å². The molecule has 19 heavy (non-hydrogen) atoms. The fourth-order valence-corrected chi connectivity index (χ4v) is 2.50. The summed E-state index contributed by atoms with van der Waals surface area (Å²) in [6, 6.07) is 12.4. The van der Waals surface area contributed by atoms with E-state index < -0.39 is 0 Å². The van der Waals surface area contributed by atoms with Gasteiger partial charge < -0.3 is 9.73 Å². The van der Waals surface area contributed by atoms with Crippen molar-refractivity contribution in [3.8, 4) is 0 Å². The maximum absolute atomic E-state index is 5.86. The van der Waals surface area contributed by atoms with Gasteiger partial charge in [0.25, 0.3) is 0 Å². The first-order valence-electron chi connectivity index (χ1n) is 6.33. The van der Waals surface area contributed by atoms with E-state index in [-0.39, 0.29) is 0 Å². The van der Waals surface area contributed by atoms with Crippen molar-refractivity contribution >= 4 is 23.4 Å². The first-order chi connectivity index (χ1) is 9.13. The molecule has 0 saturated carbocycles. The average molecular weight is 296 g/mol. The van der Waals surface area contributed by atoms with Gasteiger partial charge in [-0.1, -0.05) is 25.4 Å². The number of benzene rings is 1. The molecule has 0 amide bonds. The summed E-state index contributed by atoms with van der Waals surface area (Å²) < 4.78 is 5.77.